The van der Waals surface area contributed by atoms with Crippen molar-refractivity contribution in [2.75, 3.05) is 13.2 Å². The Bertz CT molecular complexity index is 1040. The number of ether oxygens (including phenoxy) is 1. The number of H-pyrrole nitrogens is 1. The maximum atomic E-state index is 13.3. The minimum Gasteiger partial charge on any atom is -0.494 e. The molecule has 5 nitrogen and oxygen atoms in total. The lowest BCUT2D eigenvalue weighted by atomic mass is 9.96. The van der Waals surface area contributed by atoms with Crippen LogP contribution in [0.15, 0.2) is 48.5 Å². The highest BCUT2D eigenvalue weighted by Crippen LogP contribution is 2.43. The van der Waals surface area contributed by atoms with Gasteiger partial charge in [0.25, 0.3) is 5.91 Å². The first kappa shape index (κ1) is 22.4. The van der Waals surface area contributed by atoms with Gasteiger partial charge in [0.1, 0.15) is 11.4 Å². The summed E-state index contributed by atoms with van der Waals surface area (Å²) in [6.45, 7) is 5.76. The van der Waals surface area contributed by atoms with Gasteiger partial charge >= 0.3 is 0 Å². The van der Waals surface area contributed by atoms with E-state index in [1.807, 2.05) is 41.3 Å². The van der Waals surface area contributed by atoms with Crippen LogP contribution >= 0.6 is 11.6 Å². The van der Waals surface area contributed by atoms with Crippen molar-refractivity contribution in [3.8, 4) is 17.0 Å². The first-order valence-electron chi connectivity index (χ1n) is 11.5. The molecule has 32 heavy (non-hydrogen) atoms. The third-order valence-corrected chi connectivity index (χ3v) is 6.20. The third kappa shape index (κ3) is 4.53. The number of nitrogens with one attached hydrogen (secondary N) is 1. The van der Waals surface area contributed by atoms with Crippen molar-refractivity contribution in [1.29, 1.82) is 0 Å². The SMILES string of the molecule is CCCCCOc1ccc(C2c3c(-c4ccc(Cl)cc4)n[nH]c3C(=O)N2CCCC)cc1. The molecule has 1 unspecified atom stereocenters. The first-order valence-corrected chi connectivity index (χ1v) is 11.9. The molecule has 0 spiro atoms. The molecule has 1 aliphatic heterocycles. The van der Waals surface area contributed by atoms with Gasteiger partial charge < -0.3 is 9.64 Å². The second-order valence-electron chi connectivity index (χ2n) is 8.25. The molecule has 3 aromatic rings. The van der Waals surface area contributed by atoms with E-state index in [0.29, 0.717) is 17.3 Å². The Morgan fingerprint density at radius 1 is 1.00 bits per heavy atom. The van der Waals surface area contributed by atoms with E-state index in [4.69, 9.17) is 16.3 Å². The smallest absolute Gasteiger partial charge is 0.273 e. The molecule has 1 amide bonds. The quantitative estimate of drug-likeness (QED) is 0.351. The van der Waals surface area contributed by atoms with Crippen LogP contribution in [0, 0.1) is 0 Å². The van der Waals surface area contributed by atoms with E-state index in [1.165, 1.54) is 12.8 Å². The highest BCUT2D eigenvalue weighted by molar-refractivity contribution is 6.30. The molecule has 0 saturated carbocycles. The van der Waals surface area contributed by atoms with Gasteiger partial charge in [-0.15, -0.1) is 0 Å². The number of benzene rings is 2. The molecule has 0 radical (unpaired) electrons. The number of hydrogen-bond acceptors (Lipinski definition) is 3. The second kappa shape index (κ2) is 10.2. The molecule has 0 fully saturated rings. The van der Waals surface area contributed by atoms with Crippen LogP contribution in [-0.2, 0) is 0 Å². The van der Waals surface area contributed by atoms with Crippen molar-refractivity contribution in [2.45, 2.75) is 52.0 Å². The summed E-state index contributed by atoms with van der Waals surface area (Å²) in [5.74, 6) is 0.866. The van der Waals surface area contributed by atoms with Crippen LogP contribution in [0.4, 0.5) is 0 Å². The van der Waals surface area contributed by atoms with E-state index in [9.17, 15) is 4.79 Å². The van der Waals surface area contributed by atoms with Crippen LogP contribution in [0.5, 0.6) is 5.75 Å². The van der Waals surface area contributed by atoms with Crippen LogP contribution in [0.2, 0.25) is 5.02 Å². The summed E-state index contributed by atoms with van der Waals surface area (Å²) in [5, 5.41) is 8.20. The van der Waals surface area contributed by atoms with E-state index in [1.54, 1.807) is 0 Å². The summed E-state index contributed by atoms with van der Waals surface area (Å²) in [6.07, 6.45) is 5.38. The normalized spacial score (nSPS) is 15.3. The maximum Gasteiger partial charge on any atom is 0.273 e. The van der Waals surface area contributed by atoms with Crippen molar-refractivity contribution >= 4 is 17.5 Å². The average Bonchev–Trinajstić information content (AvgIpc) is 3.35. The zero-order valence-electron chi connectivity index (χ0n) is 18.7. The lowest BCUT2D eigenvalue weighted by molar-refractivity contribution is 0.0741. The van der Waals surface area contributed by atoms with Crippen molar-refractivity contribution in [3.05, 3.63) is 70.4 Å². The Morgan fingerprint density at radius 2 is 1.72 bits per heavy atom. The van der Waals surface area contributed by atoms with Crippen molar-refractivity contribution in [2.24, 2.45) is 0 Å². The van der Waals surface area contributed by atoms with Crippen LogP contribution in [0.25, 0.3) is 11.3 Å². The molecule has 0 saturated heterocycles. The topological polar surface area (TPSA) is 58.2 Å². The van der Waals surface area contributed by atoms with Crippen LogP contribution in [-0.4, -0.2) is 34.2 Å². The molecule has 1 aromatic heterocycles. The lowest BCUT2D eigenvalue weighted by Gasteiger charge is -2.26. The van der Waals surface area contributed by atoms with Crippen molar-refractivity contribution in [3.63, 3.8) is 0 Å². The Morgan fingerprint density at radius 3 is 2.41 bits per heavy atom. The van der Waals surface area contributed by atoms with Gasteiger partial charge in [-0.2, -0.15) is 5.10 Å². The highest BCUT2D eigenvalue weighted by Gasteiger charge is 2.41. The summed E-state index contributed by atoms with van der Waals surface area (Å²) >= 11 is 6.08. The van der Waals surface area contributed by atoms with Gasteiger partial charge in [0.05, 0.1) is 18.3 Å². The molecule has 6 heteroatoms. The van der Waals surface area contributed by atoms with Gasteiger partial charge in [-0.1, -0.05) is 69.0 Å². The number of unbranched alkanes of at least 4 members (excludes halogenated alkanes) is 3. The third-order valence-electron chi connectivity index (χ3n) is 5.95. The average molecular weight is 452 g/mol. The Kier molecular flexibility index (Phi) is 7.15. The fraction of sp³-hybridized carbons (Fsp3) is 0.385. The van der Waals surface area contributed by atoms with Crippen molar-refractivity contribution in [1.82, 2.24) is 15.1 Å². The predicted octanol–water partition coefficient (Wildman–Crippen LogP) is 6.64. The van der Waals surface area contributed by atoms with Gasteiger partial charge in [-0.25, -0.2) is 0 Å². The molecule has 1 atom stereocenters. The predicted molar refractivity (Wildman–Crippen MR) is 128 cm³/mol. The lowest BCUT2D eigenvalue weighted by Crippen LogP contribution is -2.30. The van der Waals surface area contributed by atoms with E-state index >= 15 is 0 Å². The number of aromatic nitrogens is 2. The number of nitrogens with zero attached hydrogens (tertiary/aromatic N) is 2. The Balaban J connectivity index is 1.67. The molecule has 0 bridgehead atoms. The number of fused-ring (bicyclic) bond motifs is 1. The molecule has 0 aliphatic carbocycles. The summed E-state index contributed by atoms with van der Waals surface area (Å²) in [6, 6.07) is 15.6. The van der Waals surface area contributed by atoms with Gasteiger partial charge in [0.15, 0.2) is 0 Å². The molecule has 1 aliphatic rings. The van der Waals surface area contributed by atoms with Gasteiger partial charge in [0, 0.05) is 22.7 Å². The van der Waals surface area contributed by atoms with Crippen LogP contribution in [0.3, 0.4) is 0 Å². The van der Waals surface area contributed by atoms with Gasteiger partial charge in [0.2, 0.25) is 0 Å². The number of halogens is 1. The second-order valence-corrected chi connectivity index (χ2v) is 8.68. The van der Waals surface area contributed by atoms with E-state index in [0.717, 1.165) is 54.0 Å². The monoisotopic (exact) mass is 451 g/mol. The number of rotatable bonds is 10. The van der Waals surface area contributed by atoms with Crippen LogP contribution < -0.4 is 4.74 Å². The van der Waals surface area contributed by atoms with Crippen LogP contribution in [0.1, 0.15) is 73.6 Å². The Labute approximate surface area is 194 Å². The highest BCUT2D eigenvalue weighted by atomic mass is 35.5. The first-order chi connectivity index (χ1) is 15.6. The van der Waals surface area contributed by atoms with Gasteiger partial charge in [-0.05, 0) is 42.7 Å². The summed E-state index contributed by atoms with van der Waals surface area (Å²) in [7, 11) is 0. The zero-order chi connectivity index (χ0) is 22.5. The van der Waals surface area contributed by atoms with Crippen molar-refractivity contribution < 1.29 is 9.53 Å². The number of aromatic amines is 1. The molecule has 2 heterocycles. The zero-order valence-corrected chi connectivity index (χ0v) is 19.5. The largest absolute Gasteiger partial charge is 0.494 e. The number of carbonyl (C=O) groups excluding carboxylic acids is 1. The minimum absolute atomic E-state index is 0.00561. The fourth-order valence-electron chi connectivity index (χ4n) is 4.22. The maximum absolute atomic E-state index is 13.3. The minimum atomic E-state index is -0.178. The summed E-state index contributed by atoms with van der Waals surface area (Å²) < 4.78 is 5.89. The summed E-state index contributed by atoms with van der Waals surface area (Å²) in [5.41, 5.74) is 4.32. The molecule has 2 aromatic carbocycles. The number of hydrogen-bond donors (Lipinski definition) is 1. The molecular formula is C26H30ClN3O2. The number of carbonyl (C=O) groups is 1. The summed E-state index contributed by atoms with van der Waals surface area (Å²) in [4.78, 5) is 15.2. The standard InChI is InChI=1S/C26H30ClN3O2/c1-3-5-7-17-32-21-14-10-19(11-15-21)25-22-23(18-8-12-20(27)13-9-18)28-29-24(22)26(31)30(25)16-6-4-2/h8-15,25H,3-7,16-17H2,1-2H3,(H,28,29). The van der Waals surface area contributed by atoms with E-state index in [-0.39, 0.29) is 11.9 Å². The van der Waals surface area contributed by atoms with E-state index < -0.39 is 0 Å². The Hall–Kier alpha value is -2.79. The number of amides is 1. The van der Waals surface area contributed by atoms with E-state index in [2.05, 4.69) is 36.2 Å². The van der Waals surface area contributed by atoms with Gasteiger partial charge in [-0.3, -0.25) is 9.89 Å². The molecule has 4 rings (SSSR count). The fourth-order valence-corrected chi connectivity index (χ4v) is 4.34. The molecule has 168 valence electrons. The molecular weight excluding hydrogens is 422 g/mol. The molecule has 1 N–H and O–H groups in total.